The summed E-state index contributed by atoms with van der Waals surface area (Å²) in [6, 6.07) is 8.54. The minimum atomic E-state index is 0.377. The van der Waals surface area contributed by atoms with Gasteiger partial charge in [0, 0.05) is 47.1 Å². The van der Waals surface area contributed by atoms with Crippen molar-refractivity contribution in [2.45, 2.75) is 18.9 Å². The number of nitrogens with zero attached hydrogens (tertiary/aromatic N) is 3. The molecule has 0 radical (unpaired) electrons. The van der Waals surface area contributed by atoms with Gasteiger partial charge in [0.05, 0.1) is 16.9 Å². The first-order valence-corrected chi connectivity index (χ1v) is 10.4. The Morgan fingerprint density at radius 1 is 1.35 bits per heavy atom. The van der Waals surface area contributed by atoms with Crippen LogP contribution in [0.15, 0.2) is 36.7 Å². The predicted molar refractivity (Wildman–Crippen MR) is 111 cm³/mol. The molecule has 1 fully saturated rings. The van der Waals surface area contributed by atoms with Gasteiger partial charge in [-0.3, -0.25) is 0 Å². The molecule has 1 atom stereocenters. The number of anilines is 1. The van der Waals surface area contributed by atoms with Crippen LogP contribution in [-0.4, -0.2) is 50.9 Å². The summed E-state index contributed by atoms with van der Waals surface area (Å²) in [7, 11) is 0. The summed E-state index contributed by atoms with van der Waals surface area (Å²) in [5, 5.41) is 6.20. The largest absolute Gasteiger partial charge is 0.360 e. The minimum Gasteiger partial charge on any atom is -0.360 e. The standard InChI is InChI=1S/C19H21BrClN5/c20-7-3-8-26-9-6-13(12-26)24-19-23-11-16(21)18(25-19)15-10-22-17-5-2-1-4-14(15)17/h1-2,4-5,10-11,13,22H,3,6-9,12H2,(H,23,24,25). The van der Waals surface area contributed by atoms with Crippen molar-refractivity contribution in [2.75, 3.05) is 30.3 Å². The van der Waals surface area contributed by atoms with E-state index in [1.54, 1.807) is 6.20 Å². The van der Waals surface area contributed by atoms with Crippen molar-refractivity contribution in [3.05, 3.63) is 41.7 Å². The topological polar surface area (TPSA) is 56.8 Å². The van der Waals surface area contributed by atoms with Crippen molar-refractivity contribution in [1.29, 1.82) is 0 Å². The van der Waals surface area contributed by atoms with E-state index in [0.717, 1.165) is 53.5 Å². The van der Waals surface area contributed by atoms with E-state index >= 15 is 0 Å². The maximum absolute atomic E-state index is 6.41. The third-order valence-corrected chi connectivity index (χ3v) is 5.64. The van der Waals surface area contributed by atoms with Gasteiger partial charge in [-0.15, -0.1) is 0 Å². The quantitative estimate of drug-likeness (QED) is 0.559. The Kier molecular flexibility index (Phi) is 5.43. The van der Waals surface area contributed by atoms with Crippen LogP contribution in [0.4, 0.5) is 5.95 Å². The molecule has 3 heterocycles. The van der Waals surface area contributed by atoms with Gasteiger partial charge in [-0.05, 0) is 25.5 Å². The molecule has 26 heavy (non-hydrogen) atoms. The predicted octanol–water partition coefficient (Wildman–Crippen LogP) is 4.55. The number of likely N-dealkylation sites (tertiary alicyclic amines) is 1. The van der Waals surface area contributed by atoms with E-state index in [1.165, 1.54) is 6.42 Å². The van der Waals surface area contributed by atoms with Crippen LogP contribution in [0, 0.1) is 0 Å². The Bertz CT molecular complexity index is 897. The number of benzene rings is 1. The van der Waals surface area contributed by atoms with Gasteiger partial charge in [0.15, 0.2) is 0 Å². The zero-order chi connectivity index (χ0) is 17.9. The van der Waals surface area contributed by atoms with Crippen LogP contribution >= 0.6 is 27.5 Å². The summed E-state index contributed by atoms with van der Waals surface area (Å²) in [5.74, 6) is 0.641. The number of rotatable bonds is 6. The molecule has 1 aliphatic rings. The molecule has 3 aromatic rings. The van der Waals surface area contributed by atoms with Gasteiger partial charge >= 0.3 is 0 Å². The van der Waals surface area contributed by atoms with E-state index in [2.05, 4.69) is 42.2 Å². The number of nitrogens with one attached hydrogen (secondary N) is 2. The summed E-state index contributed by atoms with van der Waals surface area (Å²) in [4.78, 5) is 14.9. The Morgan fingerprint density at radius 3 is 3.12 bits per heavy atom. The van der Waals surface area contributed by atoms with Crippen LogP contribution < -0.4 is 5.32 Å². The monoisotopic (exact) mass is 433 g/mol. The number of aromatic nitrogens is 3. The molecule has 1 saturated heterocycles. The van der Waals surface area contributed by atoms with Crippen molar-refractivity contribution >= 4 is 44.4 Å². The van der Waals surface area contributed by atoms with E-state index in [0.29, 0.717) is 17.0 Å². The van der Waals surface area contributed by atoms with E-state index in [9.17, 15) is 0 Å². The Labute approximate surface area is 166 Å². The first kappa shape index (κ1) is 17.8. The SMILES string of the molecule is Clc1cnc(NC2CCN(CCCBr)C2)nc1-c1c[nH]c2ccccc12. The zero-order valence-corrected chi connectivity index (χ0v) is 16.7. The van der Waals surface area contributed by atoms with Crippen LogP contribution in [0.25, 0.3) is 22.2 Å². The molecule has 5 nitrogen and oxygen atoms in total. The highest BCUT2D eigenvalue weighted by Crippen LogP contribution is 2.32. The number of hydrogen-bond donors (Lipinski definition) is 2. The van der Waals surface area contributed by atoms with Gasteiger partial charge in [0.1, 0.15) is 0 Å². The summed E-state index contributed by atoms with van der Waals surface area (Å²) >= 11 is 9.90. The third-order valence-electron chi connectivity index (χ3n) is 4.80. The molecule has 0 spiro atoms. The first-order chi connectivity index (χ1) is 12.7. The Balaban J connectivity index is 1.54. The van der Waals surface area contributed by atoms with Crippen molar-refractivity contribution < 1.29 is 0 Å². The number of hydrogen-bond acceptors (Lipinski definition) is 4. The van der Waals surface area contributed by atoms with Crippen LogP contribution in [0.1, 0.15) is 12.8 Å². The normalized spacial score (nSPS) is 17.8. The lowest BCUT2D eigenvalue weighted by molar-refractivity contribution is 0.338. The molecule has 2 N–H and O–H groups in total. The van der Waals surface area contributed by atoms with Crippen molar-refractivity contribution in [2.24, 2.45) is 0 Å². The molecule has 2 aromatic heterocycles. The highest BCUT2D eigenvalue weighted by atomic mass is 79.9. The molecule has 4 rings (SSSR count). The Morgan fingerprint density at radius 2 is 2.23 bits per heavy atom. The summed E-state index contributed by atoms with van der Waals surface area (Å²) < 4.78 is 0. The second-order valence-corrected chi connectivity index (χ2v) is 7.81. The molecular formula is C19H21BrClN5. The molecule has 1 unspecified atom stereocenters. The molecule has 7 heteroatoms. The van der Waals surface area contributed by atoms with Gasteiger partial charge in [-0.2, -0.15) is 0 Å². The summed E-state index contributed by atoms with van der Waals surface area (Å²) in [6.07, 6.45) is 5.93. The smallest absolute Gasteiger partial charge is 0.223 e. The van der Waals surface area contributed by atoms with Gasteiger partial charge in [0.25, 0.3) is 0 Å². The second-order valence-electron chi connectivity index (χ2n) is 6.61. The van der Waals surface area contributed by atoms with E-state index in [-0.39, 0.29) is 0 Å². The van der Waals surface area contributed by atoms with Crippen LogP contribution in [-0.2, 0) is 0 Å². The van der Waals surface area contributed by atoms with Crippen molar-refractivity contribution in [1.82, 2.24) is 19.9 Å². The lowest BCUT2D eigenvalue weighted by Gasteiger charge is -2.16. The maximum atomic E-state index is 6.41. The van der Waals surface area contributed by atoms with Crippen LogP contribution in [0.2, 0.25) is 5.02 Å². The molecule has 1 aromatic carbocycles. The van der Waals surface area contributed by atoms with E-state index < -0.39 is 0 Å². The highest BCUT2D eigenvalue weighted by molar-refractivity contribution is 9.09. The Hall–Kier alpha value is -1.63. The van der Waals surface area contributed by atoms with E-state index in [1.807, 2.05) is 24.4 Å². The number of fused-ring (bicyclic) bond motifs is 1. The van der Waals surface area contributed by atoms with Crippen LogP contribution in [0.5, 0.6) is 0 Å². The number of halogens is 2. The fraction of sp³-hybridized carbons (Fsp3) is 0.368. The molecule has 0 aliphatic carbocycles. The van der Waals surface area contributed by atoms with Gasteiger partial charge in [-0.1, -0.05) is 45.7 Å². The molecular weight excluding hydrogens is 414 g/mol. The molecule has 1 aliphatic heterocycles. The van der Waals surface area contributed by atoms with Gasteiger partial charge in [0.2, 0.25) is 5.95 Å². The molecule has 0 bridgehead atoms. The fourth-order valence-electron chi connectivity index (χ4n) is 3.51. The fourth-order valence-corrected chi connectivity index (χ4v) is 3.96. The average Bonchev–Trinajstić information content (AvgIpc) is 3.28. The van der Waals surface area contributed by atoms with Gasteiger partial charge in [-0.25, -0.2) is 9.97 Å². The summed E-state index contributed by atoms with van der Waals surface area (Å²) in [6.45, 7) is 3.28. The number of para-hydroxylation sites is 1. The zero-order valence-electron chi connectivity index (χ0n) is 14.4. The first-order valence-electron chi connectivity index (χ1n) is 8.88. The molecule has 136 valence electrons. The number of alkyl halides is 1. The van der Waals surface area contributed by atoms with Crippen LogP contribution in [0.3, 0.4) is 0 Å². The molecule has 0 amide bonds. The average molecular weight is 435 g/mol. The lowest BCUT2D eigenvalue weighted by Crippen LogP contribution is -2.27. The highest BCUT2D eigenvalue weighted by Gasteiger charge is 2.23. The van der Waals surface area contributed by atoms with E-state index in [4.69, 9.17) is 16.6 Å². The number of H-pyrrole nitrogens is 1. The third kappa shape index (κ3) is 3.72. The minimum absolute atomic E-state index is 0.377. The molecule has 0 saturated carbocycles. The second kappa shape index (κ2) is 7.94. The summed E-state index contributed by atoms with van der Waals surface area (Å²) in [5.41, 5.74) is 2.84. The lowest BCUT2D eigenvalue weighted by atomic mass is 10.1. The van der Waals surface area contributed by atoms with Gasteiger partial charge < -0.3 is 15.2 Å². The number of aromatic amines is 1. The van der Waals surface area contributed by atoms with Crippen molar-refractivity contribution in [3.63, 3.8) is 0 Å². The van der Waals surface area contributed by atoms with Crippen molar-refractivity contribution in [3.8, 4) is 11.3 Å². The maximum Gasteiger partial charge on any atom is 0.223 e.